The van der Waals surface area contributed by atoms with Crippen LogP contribution >= 0.6 is 0 Å². The molecule has 0 fully saturated rings. The first-order valence-electron chi connectivity index (χ1n) is 7.78. The van der Waals surface area contributed by atoms with Crippen LogP contribution in [0.15, 0.2) is 12.1 Å². The molecular formula is C15H18F5N5O. The van der Waals surface area contributed by atoms with E-state index in [1.54, 1.807) is 6.92 Å². The van der Waals surface area contributed by atoms with Gasteiger partial charge < -0.3 is 5.32 Å². The van der Waals surface area contributed by atoms with Crippen LogP contribution < -0.4 is 5.32 Å². The van der Waals surface area contributed by atoms with Gasteiger partial charge in [0.2, 0.25) is 5.91 Å². The van der Waals surface area contributed by atoms with Gasteiger partial charge in [-0.3, -0.25) is 14.2 Å². The van der Waals surface area contributed by atoms with Gasteiger partial charge in [-0.25, -0.2) is 8.78 Å². The van der Waals surface area contributed by atoms with Crippen LogP contribution in [0.25, 0.3) is 0 Å². The summed E-state index contributed by atoms with van der Waals surface area (Å²) in [7, 11) is 0. The normalized spacial score (nSPS) is 12.0. The van der Waals surface area contributed by atoms with Gasteiger partial charge in [0.05, 0.1) is 0 Å². The molecule has 0 aliphatic heterocycles. The van der Waals surface area contributed by atoms with Crippen LogP contribution in [0.1, 0.15) is 35.6 Å². The van der Waals surface area contributed by atoms with Crippen LogP contribution in [0.5, 0.6) is 0 Å². The first kappa shape index (κ1) is 19.9. The van der Waals surface area contributed by atoms with Gasteiger partial charge in [0.25, 0.3) is 6.43 Å². The number of carbonyl (C=O) groups excluding carboxylic acids is 1. The Kier molecular flexibility index (Phi) is 5.98. The maximum atomic E-state index is 12.6. The third-order valence-electron chi connectivity index (χ3n) is 3.66. The van der Waals surface area contributed by atoms with Crippen LogP contribution in [0.2, 0.25) is 0 Å². The Labute approximate surface area is 146 Å². The molecule has 2 aromatic rings. The van der Waals surface area contributed by atoms with E-state index in [1.807, 2.05) is 0 Å². The highest BCUT2D eigenvalue weighted by atomic mass is 19.4. The number of nitrogens with zero attached hydrogens (tertiary/aromatic N) is 4. The van der Waals surface area contributed by atoms with Crippen LogP contribution in [0.4, 0.5) is 22.0 Å². The smallest absolute Gasteiger partial charge is 0.354 e. The molecule has 2 aromatic heterocycles. The van der Waals surface area contributed by atoms with E-state index in [1.165, 1.54) is 22.4 Å². The van der Waals surface area contributed by atoms with Crippen LogP contribution in [0, 0.1) is 13.8 Å². The average Bonchev–Trinajstić information content (AvgIpc) is 3.07. The van der Waals surface area contributed by atoms with E-state index in [0.717, 1.165) is 6.07 Å². The van der Waals surface area contributed by atoms with Crippen LogP contribution in [-0.2, 0) is 24.1 Å². The lowest BCUT2D eigenvalue weighted by Gasteiger charge is -2.08. The minimum absolute atomic E-state index is 0.207. The lowest BCUT2D eigenvalue weighted by Crippen LogP contribution is -2.29. The lowest BCUT2D eigenvalue weighted by molar-refractivity contribution is -0.141. The molecule has 0 aliphatic rings. The fraction of sp³-hybridized carbons (Fsp3) is 0.533. The summed E-state index contributed by atoms with van der Waals surface area (Å²) in [5.74, 6) is -0.426. The Morgan fingerprint density at radius 3 is 2.35 bits per heavy atom. The number of carbonyl (C=O) groups is 1. The predicted octanol–water partition coefficient (Wildman–Crippen LogP) is 2.86. The molecule has 1 amide bonds. The number of rotatable bonds is 7. The zero-order valence-electron chi connectivity index (χ0n) is 14.1. The second-order valence-electron chi connectivity index (χ2n) is 5.76. The molecule has 0 aliphatic carbocycles. The van der Waals surface area contributed by atoms with Crippen molar-refractivity contribution in [2.75, 3.05) is 6.54 Å². The Balaban J connectivity index is 1.80. The Hall–Kier alpha value is -2.46. The average molecular weight is 379 g/mol. The molecular weight excluding hydrogens is 361 g/mol. The highest BCUT2D eigenvalue weighted by Gasteiger charge is 2.34. The quantitative estimate of drug-likeness (QED) is 0.594. The third kappa shape index (κ3) is 5.02. The largest absolute Gasteiger partial charge is 0.435 e. The molecule has 6 nitrogen and oxygen atoms in total. The lowest BCUT2D eigenvalue weighted by atomic mass is 10.3. The third-order valence-corrected chi connectivity index (χ3v) is 3.66. The fourth-order valence-corrected chi connectivity index (χ4v) is 2.33. The predicted molar refractivity (Wildman–Crippen MR) is 81.5 cm³/mol. The monoisotopic (exact) mass is 379 g/mol. The van der Waals surface area contributed by atoms with Gasteiger partial charge in [0.15, 0.2) is 5.69 Å². The first-order chi connectivity index (χ1) is 12.1. The molecule has 0 aromatic carbocycles. The SMILES string of the molecule is Cc1cc(C(F)F)nn1CC(=O)NCCCn1nc(C(F)(F)F)cc1C. The van der Waals surface area contributed by atoms with E-state index in [-0.39, 0.29) is 19.6 Å². The summed E-state index contributed by atoms with van der Waals surface area (Å²) in [5, 5.41) is 9.71. The van der Waals surface area contributed by atoms with Gasteiger partial charge >= 0.3 is 6.18 Å². The molecule has 2 rings (SSSR count). The van der Waals surface area contributed by atoms with Crippen molar-refractivity contribution in [3.63, 3.8) is 0 Å². The van der Waals surface area contributed by atoms with Gasteiger partial charge in [-0.05, 0) is 32.4 Å². The molecule has 0 saturated heterocycles. The van der Waals surface area contributed by atoms with Crippen molar-refractivity contribution >= 4 is 5.91 Å². The Bertz CT molecular complexity index is 765. The van der Waals surface area contributed by atoms with Gasteiger partial charge in [-0.1, -0.05) is 0 Å². The zero-order chi connectivity index (χ0) is 19.5. The molecule has 0 spiro atoms. The molecule has 0 atom stereocenters. The van der Waals surface area contributed by atoms with Crippen molar-refractivity contribution in [1.29, 1.82) is 0 Å². The molecule has 11 heteroatoms. The number of aryl methyl sites for hydroxylation is 3. The number of hydrogen-bond acceptors (Lipinski definition) is 3. The van der Waals surface area contributed by atoms with Crippen molar-refractivity contribution in [3.8, 4) is 0 Å². The van der Waals surface area contributed by atoms with Crippen molar-refractivity contribution in [3.05, 3.63) is 34.9 Å². The molecule has 0 unspecified atom stereocenters. The van der Waals surface area contributed by atoms with Crippen LogP contribution in [-0.4, -0.2) is 32.0 Å². The summed E-state index contributed by atoms with van der Waals surface area (Å²) in [6.07, 6.45) is -6.84. The summed E-state index contributed by atoms with van der Waals surface area (Å²) >= 11 is 0. The van der Waals surface area contributed by atoms with E-state index in [4.69, 9.17) is 0 Å². The molecule has 26 heavy (non-hydrogen) atoms. The summed E-state index contributed by atoms with van der Waals surface area (Å²) < 4.78 is 65.3. The van der Waals surface area contributed by atoms with E-state index < -0.39 is 29.9 Å². The number of hydrogen-bond donors (Lipinski definition) is 1. The van der Waals surface area contributed by atoms with E-state index in [2.05, 4.69) is 15.5 Å². The first-order valence-corrected chi connectivity index (χ1v) is 7.78. The summed E-state index contributed by atoms with van der Waals surface area (Å²) in [6.45, 7) is 3.28. The minimum Gasteiger partial charge on any atom is -0.354 e. The molecule has 2 heterocycles. The molecule has 0 bridgehead atoms. The number of alkyl halides is 5. The zero-order valence-corrected chi connectivity index (χ0v) is 14.1. The van der Waals surface area contributed by atoms with E-state index >= 15 is 0 Å². The van der Waals surface area contributed by atoms with Gasteiger partial charge in [0, 0.05) is 24.5 Å². The van der Waals surface area contributed by atoms with Gasteiger partial charge in [-0.15, -0.1) is 0 Å². The summed E-state index contributed by atoms with van der Waals surface area (Å²) in [5.41, 5.74) is -0.550. The second-order valence-corrected chi connectivity index (χ2v) is 5.76. The molecule has 0 saturated carbocycles. The Morgan fingerprint density at radius 1 is 1.15 bits per heavy atom. The molecule has 1 N–H and O–H groups in total. The second kappa shape index (κ2) is 7.83. The maximum absolute atomic E-state index is 12.6. The highest BCUT2D eigenvalue weighted by Crippen LogP contribution is 2.28. The Morgan fingerprint density at radius 2 is 1.81 bits per heavy atom. The standard InChI is InChI=1S/C15H18F5N5O/c1-9-6-11(14(16)17)22-25(9)8-13(26)21-4-3-5-24-10(2)7-12(23-24)15(18,19)20/h6-7,14H,3-5,8H2,1-2H3,(H,21,26). The van der Waals surface area contributed by atoms with E-state index in [0.29, 0.717) is 17.8 Å². The van der Waals surface area contributed by atoms with Crippen molar-refractivity contribution in [1.82, 2.24) is 24.9 Å². The van der Waals surface area contributed by atoms with Gasteiger partial charge in [0.1, 0.15) is 12.2 Å². The minimum atomic E-state index is -4.50. The van der Waals surface area contributed by atoms with Crippen molar-refractivity contribution in [2.45, 2.75) is 46.0 Å². The van der Waals surface area contributed by atoms with E-state index in [9.17, 15) is 26.7 Å². The van der Waals surface area contributed by atoms with Crippen molar-refractivity contribution in [2.24, 2.45) is 0 Å². The van der Waals surface area contributed by atoms with Gasteiger partial charge in [-0.2, -0.15) is 23.4 Å². The number of amides is 1. The fourth-order valence-electron chi connectivity index (χ4n) is 2.33. The van der Waals surface area contributed by atoms with Crippen molar-refractivity contribution < 1.29 is 26.7 Å². The van der Waals surface area contributed by atoms with Crippen LogP contribution in [0.3, 0.4) is 0 Å². The number of nitrogens with one attached hydrogen (secondary N) is 1. The highest BCUT2D eigenvalue weighted by molar-refractivity contribution is 5.75. The summed E-state index contributed by atoms with van der Waals surface area (Å²) in [4.78, 5) is 11.8. The topological polar surface area (TPSA) is 64.7 Å². The molecule has 144 valence electrons. The number of halogens is 5. The maximum Gasteiger partial charge on any atom is 0.435 e. The summed E-state index contributed by atoms with van der Waals surface area (Å²) in [6, 6.07) is 2.16. The molecule has 0 radical (unpaired) electrons. The number of aromatic nitrogens is 4.